The number of phenolic OH excluding ortho intramolecular Hbond substituents is 1. The lowest BCUT2D eigenvalue weighted by atomic mass is 10.0. The van der Waals surface area contributed by atoms with E-state index in [1.807, 2.05) is 4.90 Å². The number of hydrogen-bond donors (Lipinski definition) is 2. The first-order valence-electron chi connectivity index (χ1n) is 7.78. The quantitative estimate of drug-likeness (QED) is 0.861. The minimum absolute atomic E-state index is 0.0114. The van der Waals surface area contributed by atoms with Crippen LogP contribution in [0.4, 0.5) is 5.82 Å². The average Bonchev–Trinajstić information content (AvgIpc) is 2.60. The number of benzene rings is 1. The van der Waals surface area contributed by atoms with Gasteiger partial charge in [0.2, 0.25) is 0 Å². The molecule has 8 heteroatoms. The number of rotatable bonds is 3. The van der Waals surface area contributed by atoms with E-state index < -0.39 is 0 Å². The van der Waals surface area contributed by atoms with Crippen LogP contribution >= 0.6 is 11.6 Å². The molecule has 0 unspecified atom stereocenters. The zero-order valence-corrected chi connectivity index (χ0v) is 14.4. The molecule has 25 heavy (non-hydrogen) atoms. The number of ether oxygens (including phenoxy) is 1. The van der Waals surface area contributed by atoms with Gasteiger partial charge in [0.15, 0.2) is 5.82 Å². The van der Waals surface area contributed by atoms with Gasteiger partial charge >= 0.3 is 0 Å². The lowest BCUT2D eigenvalue weighted by molar-refractivity contribution is 0.00331. The number of anilines is 1. The van der Waals surface area contributed by atoms with Crippen molar-refractivity contribution in [3.05, 3.63) is 34.3 Å². The number of aliphatic hydroxyl groups excluding tert-OH is 1. The summed E-state index contributed by atoms with van der Waals surface area (Å²) in [5.41, 5.74) is 1.98. The largest absolute Gasteiger partial charge is 0.507 e. The van der Waals surface area contributed by atoms with E-state index in [9.17, 15) is 15.5 Å². The van der Waals surface area contributed by atoms with Crippen molar-refractivity contribution in [2.24, 2.45) is 0 Å². The summed E-state index contributed by atoms with van der Waals surface area (Å²) >= 11 is 5.94. The zero-order chi connectivity index (χ0) is 18.0. The van der Waals surface area contributed by atoms with Gasteiger partial charge in [-0.25, -0.2) is 0 Å². The van der Waals surface area contributed by atoms with Gasteiger partial charge in [-0.2, -0.15) is 5.26 Å². The minimum Gasteiger partial charge on any atom is -0.507 e. The number of halogens is 1. The predicted molar refractivity (Wildman–Crippen MR) is 92.6 cm³/mol. The van der Waals surface area contributed by atoms with Gasteiger partial charge in [0.05, 0.1) is 30.6 Å². The highest BCUT2D eigenvalue weighted by molar-refractivity contribution is 6.31. The van der Waals surface area contributed by atoms with Crippen molar-refractivity contribution in [2.45, 2.75) is 13.0 Å². The van der Waals surface area contributed by atoms with Crippen LogP contribution in [-0.4, -0.2) is 52.8 Å². The molecule has 1 saturated heterocycles. The number of phenols is 1. The Bertz CT molecular complexity index is 814. The van der Waals surface area contributed by atoms with Crippen molar-refractivity contribution in [3.8, 4) is 23.1 Å². The molecule has 1 aliphatic heterocycles. The van der Waals surface area contributed by atoms with Gasteiger partial charge in [0.1, 0.15) is 11.8 Å². The third kappa shape index (κ3) is 3.51. The molecular weight excluding hydrogens is 344 g/mol. The molecule has 2 heterocycles. The maximum Gasteiger partial charge on any atom is 0.169 e. The first-order chi connectivity index (χ1) is 12.0. The summed E-state index contributed by atoms with van der Waals surface area (Å²) in [6.45, 7) is 3.14. The number of aryl methyl sites for hydroxylation is 1. The molecule has 0 aliphatic carbocycles. The fraction of sp³-hybridized carbons (Fsp3) is 0.353. The van der Waals surface area contributed by atoms with Gasteiger partial charge in [0, 0.05) is 23.7 Å². The van der Waals surface area contributed by atoms with Gasteiger partial charge in [0.25, 0.3) is 0 Å². The van der Waals surface area contributed by atoms with Crippen molar-refractivity contribution in [3.63, 3.8) is 0 Å². The average molecular weight is 361 g/mol. The summed E-state index contributed by atoms with van der Waals surface area (Å²) in [4.78, 5) is 1.87. The fourth-order valence-corrected chi connectivity index (χ4v) is 3.17. The van der Waals surface area contributed by atoms with E-state index in [4.69, 9.17) is 16.3 Å². The number of hydrogen-bond acceptors (Lipinski definition) is 7. The molecule has 3 rings (SSSR count). The van der Waals surface area contributed by atoms with Crippen LogP contribution in [0, 0.1) is 18.3 Å². The third-order valence-electron chi connectivity index (χ3n) is 4.07. The second-order valence-corrected chi connectivity index (χ2v) is 6.25. The monoisotopic (exact) mass is 360 g/mol. The number of morpholine rings is 1. The topological polar surface area (TPSA) is 102 Å². The van der Waals surface area contributed by atoms with Gasteiger partial charge in [-0.1, -0.05) is 11.6 Å². The Morgan fingerprint density at radius 2 is 2.20 bits per heavy atom. The number of nitrogens with zero attached hydrogens (tertiary/aromatic N) is 4. The first kappa shape index (κ1) is 17.4. The third-order valence-corrected chi connectivity index (χ3v) is 4.29. The van der Waals surface area contributed by atoms with E-state index in [1.54, 1.807) is 19.1 Å². The molecule has 1 aromatic carbocycles. The van der Waals surface area contributed by atoms with Crippen molar-refractivity contribution in [1.29, 1.82) is 5.26 Å². The van der Waals surface area contributed by atoms with Crippen LogP contribution in [0.25, 0.3) is 11.3 Å². The molecule has 0 amide bonds. The molecule has 0 spiro atoms. The number of aliphatic hydroxyl groups is 1. The second kappa shape index (κ2) is 7.23. The van der Waals surface area contributed by atoms with Crippen LogP contribution in [0.2, 0.25) is 5.02 Å². The molecule has 0 radical (unpaired) electrons. The van der Waals surface area contributed by atoms with Crippen molar-refractivity contribution in [2.75, 3.05) is 31.2 Å². The number of nitriles is 1. The van der Waals surface area contributed by atoms with Crippen molar-refractivity contribution in [1.82, 2.24) is 10.2 Å². The Morgan fingerprint density at radius 1 is 1.40 bits per heavy atom. The smallest absolute Gasteiger partial charge is 0.169 e. The molecule has 1 atom stereocenters. The fourth-order valence-electron chi connectivity index (χ4n) is 2.90. The second-order valence-electron chi connectivity index (χ2n) is 5.82. The van der Waals surface area contributed by atoms with E-state index in [1.165, 1.54) is 6.07 Å². The molecule has 0 saturated carbocycles. The van der Waals surface area contributed by atoms with E-state index in [-0.39, 0.29) is 18.5 Å². The van der Waals surface area contributed by atoms with E-state index in [2.05, 4.69) is 16.3 Å². The highest BCUT2D eigenvalue weighted by Crippen LogP contribution is 2.35. The Morgan fingerprint density at radius 3 is 2.88 bits per heavy atom. The summed E-state index contributed by atoms with van der Waals surface area (Å²) in [7, 11) is 0. The lowest BCUT2D eigenvalue weighted by Gasteiger charge is -2.32. The normalized spacial score (nSPS) is 17.4. The predicted octanol–water partition coefficient (Wildman–Crippen LogP) is 1.88. The summed E-state index contributed by atoms with van der Waals surface area (Å²) in [6.07, 6.45) is -0.315. The van der Waals surface area contributed by atoms with E-state index in [0.29, 0.717) is 47.4 Å². The molecule has 1 aliphatic rings. The Balaban J connectivity index is 2.00. The van der Waals surface area contributed by atoms with Crippen molar-refractivity contribution < 1.29 is 14.9 Å². The zero-order valence-electron chi connectivity index (χ0n) is 13.6. The summed E-state index contributed by atoms with van der Waals surface area (Å²) in [5.74, 6) is 0.432. The van der Waals surface area contributed by atoms with Crippen LogP contribution in [0.3, 0.4) is 0 Å². The first-order valence-corrected chi connectivity index (χ1v) is 8.16. The Labute approximate surface area is 150 Å². The molecule has 2 N–H and O–H groups in total. The number of aromatic hydroxyl groups is 1. The Hall–Kier alpha value is -2.40. The maximum atomic E-state index is 10.2. The Kier molecular flexibility index (Phi) is 5.04. The molecule has 130 valence electrons. The molecule has 1 fully saturated rings. The molecule has 1 aromatic heterocycles. The van der Waals surface area contributed by atoms with Crippen molar-refractivity contribution >= 4 is 17.4 Å². The molecule has 7 nitrogen and oxygen atoms in total. The minimum atomic E-state index is -0.315. The summed E-state index contributed by atoms with van der Waals surface area (Å²) in [5, 5.41) is 37.8. The van der Waals surface area contributed by atoms with Gasteiger partial charge in [-0.3, -0.25) is 0 Å². The number of aromatic nitrogens is 2. The van der Waals surface area contributed by atoms with Gasteiger partial charge < -0.3 is 19.8 Å². The highest BCUT2D eigenvalue weighted by atomic mass is 35.5. The molecule has 0 bridgehead atoms. The molecule has 2 aromatic rings. The van der Waals surface area contributed by atoms with Crippen LogP contribution in [0.15, 0.2) is 18.2 Å². The summed E-state index contributed by atoms with van der Waals surface area (Å²) < 4.78 is 5.42. The maximum absolute atomic E-state index is 10.2. The van der Waals surface area contributed by atoms with E-state index in [0.717, 1.165) is 5.56 Å². The standard InChI is InChI=1S/C17H17ClN4O3/c1-10-4-12(18)6-15(24)16(10)14-5-11(7-19)17(21-20-14)22-2-3-25-13(8-22)9-23/h4-6,13,23-24H,2-3,8-9H2,1H3/t13-/m0/s1. The van der Waals surface area contributed by atoms with Crippen LogP contribution in [-0.2, 0) is 4.74 Å². The SMILES string of the molecule is Cc1cc(Cl)cc(O)c1-c1cc(C#N)c(N2CCO[C@H](CO)C2)nn1. The highest BCUT2D eigenvalue weighted by Gasteiger charge is 2.24. The van der Waals surface area contributed by atoms with Crippen LogP contribution < -0.4 is 4.90 Å². The lowest BCUT2D eigenvalue weighted by Crippen LogP contribution is -2.44. The van der Waals surface area contributed by atoms with Crippen LogP contribution in [0.5, 0.6) is 5.75 Å². The summed E-state index contributed by atoms with van der Waals surface area (Å²) in [6, 6.07) is 6.87. The van der Waals surface area contributed by atoms with Gasteiger partial charge in [-0.15, -0.1) is 10.2 Å². The van der Waals surface area contributed by atoms with Gasteiger partial charge in [-0.05, 0) is 30.7 Å². The van der Waals surface area contributed by atoms with Crippen LogP contribution in [0.1, 0.15) is 11.1 Å². The molecular formula is C17H17ClN4O3. The van der Waals surface area contributed by atoms with E-state index >= 15 is 0 Å².